The Hall–Kier alpha value is -2.74. The van der Waals surface area contributed by atoms with Crippen LogP contribution in [0.25, 0.3) is 0 Å². The lowest BCUT2D eigenvalue weighted by Gasteiger charge is -2.21. The zero-order valence-electron chi connectivity index (χ0n) is 18.0. The topological polar surface area (TPSA) is 60.4 Å². The zero-order chi connectivity index (χ0) is 22.2. The predicted octanol–water partition coefficient (Wildman–Crippen LogP) is 4.77. The lowest BCUT2D eigenvalue weighted by Crippen LogP contribution is -2.33. The number of benzene rings is 2. The van der Waals surface area contributed by atoms with Gasteiger partial charge in [0.15, 0.2) is 16.7 Å². The molecule has 0 N–H and O–H groups in total. The van der Waals surface area contributed by atoms with Crippen LogP contribution in [0.15, 0.2) is 41.4 Å². The summed E-state index contributed by atoms with van der Waals surface area (Å²) in [7, 11) is 0. The minimum absolute atomic E-state index is 0.187. The molecular weight excluding hydrogens is 419 g/mol. The number of thioether (sulfide) groups is 1. The summed E-state index contributed by atoms with van der Waals surface area (Å²) in [5, 5.41) is 0.624. The van der Waals surface area contributed by atoms with Crippen LogP contribution < -0.4 is 14.2 Å². The first-order valence-electron chi connectivity index (χ1n) is 10.4. The van der Waals surface area contributed by atoms with Crippen molar-refractivity contribution < 1.29 is 23.4 Å². The van der Waals surface area contributed by atoms with Gasteiger partial charge in [0, 0.05) is 17.9 Å². The molecule has 8 heteroatoms. The number of amides is 1. The average Bonchev–Trinajstić information content (AvgIpc) is 3.23. The number of nitrogens with zero attached hydrogens (tertiary/aromatic N) is 2. The van der Waals surface area contributed by atoms with E-state index in [1.165, 1.54) is 23.9 Å². The van der Waals surface area contributed by atoms with E-state index in [4.69, 9.17) is 14.2 Å². The Labute approximate surface area is 186 Å². The van der Waals surface area contributed by atoms with Gasteiger partial charge in [0.05, 0.1) is 26.4 Å². The summed E-state index contributed by atoms with van der Waals surface area (Å²) in [6.45, 7) is 7.97. The van der Waals surface area contributed by atoms with Gasteiger partial charge in [-0.05, 0) is 50.6 Å². The predicted molar refractivity (Wildman–Crippen MR) is 121 cm³/mol. The Morgan fingerprint density at radius 1 is 1.06 bits per heavy atom. The van der Waals surface area contributed by atoms with Crippen LogP contribution in [0.5, 0.6) is 17.2 Å². The molecule has 0 atom stereocenters. The highest BCUT2D eigenvalue weighted by Crippen LogP contribution is 2.39. The molecule has 0 fully saturated rings. The second-order valence-corrected chi connectivity index (χ2v) is 7.58. The van der Waals surface area contributed by atoms with Crippen LogP contribution in [0, 0.1) is 5.82 Å². The molecule has 1 amide bonds. The van der Waals surface area contributed by atoms with Crippen molar-refractivity contribution in [3.8, 4) is 17.2 Å². The first kappa shape index (κ1) is 22.9. The van der Waals surface area contributed by atoms with Gasteiger partial charge >= 0.3 is 0 Å². The molecule has 2 aromatic rings. The van der Waals surface area contributed by atoms with Crippen LogP contribution in [0.2, 0.25) is 0 Å². The third-order valence-corrected chi connectivity index (χ3v) is 5.55. The second-order valence-electron chi connectivity index (χ2n) is 6.64. The van der Waals surface area contributed by atoms with E-state index in [9.17, 15) is 9.18 Å². The van der Waals surface area contributed by atoms with Gasteiger partial charge < -0.3 is 14.2 Å². The first-order chi connectivity index (χ1) is 15.1. The van der Waals surface area contributed by atoms with E-state index < -0.39 is 0 Å². The summed E-state index contributed by atoms with van der Waals surface area (Å²) in [5.41, 5.74) is 1.28. The number of amidine groups is 1. The SMILES string of the molecule is CCOc1cc(C(=O)N2CCN=C2SCc2cccc(F)c2)cc(OCC)c1OCC. The quantitative estimate of drug-likeness (QED) is 0.555. The maximum Gasteiger partial charge on any atom is 0.260 e. The van der Waals surface area contributed by atoms with Crippen molar-refractivity contribution in [2.75, 3.05) is 32.9 Å². The lowest BCUT2D eigenvalue weighted by molar-refractivity contribution is 0.0859. The summed E-state index contributed by atoms with van der Waals surface area (Å²) in [4.78, 5) is 19.4. The van der Waals surface area contributed by atoms with Crippen LogP contribution in [0.3, 0.4) is 0 Å². The Morgan fingerprint density at radius 3 is 2.35 bits per heavy atom. The smallest absolute Gasteiger partial charge is 0.260 e. The van der Waals surface area contributed by atoms with Gasteiger partial charge in [-0.15, -0.1) is 0 Å². The highest BCUT2D eigenvalue weighted by atomic mass is 32.2. The van der Waals surface area contributed by atoms with Crippen LogP contribution in [-0.4, -0.2) is 48.9 Å². The number of aliphatic imine (C=N–C) groups is 1. The zero-order valence-corrected chi connectivity index (χ0v) is 18.8. The fourth-order valence-corrected chi connectivity index (χ4v) is 4.17. The number of halogens is 1. The van der Waals surface area contributed by atoms with E-state index in [-0.39, 0.29) is 11.7 Å². The molecule has 31 heavy (non-hydrogen) atoms. The molecule has 0 aliphatic carbocycles. The van der Waals surface area contributed by atoms with Crippen LogP contribution in [0.4, 0.5) is 4.39 Å². The molecule has 0 aromatic heterocycles. The Kier molecular flexibility index (Phi) is 8.17. The minimum Gasteiger partial charge on any atom is -0.490 e. The van der Waals surface area contributed by atoms with Crippen molar-refractivity contribution >= 4 is 22.8 Å². The van der Waals surface area contributed by atoms with Crippen molar-refractivity contribution in [1.29, 1.82) is 0 Å². The van der Waals surface area contributed by atoms with Gasteiger partial charge in [0.25, 0.3) is 5.91 Å². The maximum absolute atomic E-state index is 13.4. The van der Waals surface area contributed by atoms with E-state index in [2.05, 4.69) is 4.99 Å². The molecule has 3 rings (SSSR count). The number of ether oxygens (including phenoxy) is 3. The van der Waals surface area contributed by atoms with Gasteiger partial charge in [0.1, 0.15) is 5.82 Å². The molecule has 6 nitrogen and oxygen atoms in total. The van der Waals surface area contributed by atoms with Crippen molar-refractivity contribution in [2.24, 2.45) is 4.99 Å². The summed E-state index contributed by atoms with van der Waals surface area (Å²) in [6, 6.07) is 9.81. The third-order valence-electron chi connectivity index (χ3n) is 4.46. The molecule has 0 saturated carbocycles. The number of carbonyl (C=O) groups excluding carboxylic acids is 1. The van der Waals surface area contributed by atoms with Crippen molar-refractivity contribution in [1.82, 2.24) is 4.90 Å². The first-order valence-corrected chi connectivity index (χ1v) is 11.4. The normalized spacial score (nSPS) is 13.2. The van der Waals surface area contributed by atoms with Crippen LogP contribution >= 0.6 is 11.8 Å². The Bertz CT molecular complexity index is 924. The van der Waals surface area contributed by atoms with Crippen LogP contribution in [0.1, 0.15) is 36.7 Å². The molecule has 0 radical (unpaired) electrons. The molecule has 166 valence electrons. The molecular formula is C23H27FN2O4S. The molecule has 1 aliphatic rings. The Balaban J connectivity index is 1.82. The highest BCUT2D eigenvalue weighted by Gasteiger charge is 2.27. The molecule has 0 bridgehead atoms. The number of hydrogen-bond acceptors (Lipinski definition) is 6. The van der Waals surface area contributed by atoms with Crippen molar-refractivity contribution in [3.05, 3.63) is 53.3 Å². The molecule has 0 unspecified atom stereocenters. The number of hydrogen-bond donors (Lipinski definition) is 0. The molecule has 2 aromatic carbocycles. The van der Waals surface area contributed by atoms with Gasteiger partial charge in [-0.2, -0.15) is 0 Å². The number of carbonyl (C=O) groups is 1. The maximum atomic E-state index is 13.4. The summed E-state index contributed by atoms with van der Waals surface area (Å²) < 4.78 is 30.6. The third kappa shape index (κ3) is 5.70. The summed E-state index contributed by atoms with van der Waals surface area (Å²) in [6.07, 6.45) is 0. The summed E-state index contributed by atoms with van der Waals surface area (Å²) in [5.74, 6) is 1.51. The summed E-state index contributed by atoms with van der Waals surface area (Å²) >= 11 is 1.42. The minimum atomic E-state index is -0.277. The van der Waals surface area contributed by atoms with Crippen molar-refractivity contribution in [2.45, 2.75) is 26.5 Å². The van der Waals surface area contributed by atoms with E-state index in [0.717, 1.165) is 5.56 Å². The standard InChI is InChI=1S/C23H27FN2O4S/c1-4-28-19-13-17(14-20(29-5-2)21(19)30-6-3)22(27)26-11-10-25-23(26)31-15-16-8-7-9-18(24)12-16/h7-9,12-14H,4-6,10-11,15H2,1-3H3. The molecule has 1 heterocycles. The molecule has 0 spiro atoms. The van der Waals surface area contributed by atoms with E-state index >= 15 is 0 Å². The average molecular weight is 447 g/mol. The Morgan fingerprint density at radius 2 is 1.74 bits per heavy atom. The van der Waals surface area contributed by atoms with E-state index in [0.29, 0.717) is 66.6 Å². The molecule has 1 aliphatic heterocycles. The van der Waals surface area contributed by atoms with Crippen LogP contribution in [-0.2, 0) is 5.75 Å². The fourth-order valence-electron chi connectivity index (χ4n) is 3.18. The monoisotopic (exact) mass is 446 g/mol. The fraction of sp³-hybridized carbons (Fsp3) is 0.391. The molecule has 0 saturated heterocycles. The lowest BCUT2D eigenvalue weighted by atomic mass is 10.1. The van der Waals surface area contributed by atoms with E-state index in [1.807, 2.05) is 26.8 Å². The van der Waals surface area contributed by atoms with Gasteiger partial charge in [-0.25, -0.2) is 4.39 Å². The largest absolute Gasteiger partial charge is 0.490 e. The second kappa shape index (κ2) is 11.0. The van der Waals surface area contributed by atoms with Crippen molar-refractivity contribution in [3.63, 3.8) is 0 Å². The van der Waals surface area contributed by atoms with Gasteiger partial charge in [-0.1, -0.05) is 23.9 Å². The van der Waals surface area contributed by atoms with E-state index in [1.54, 1.807) is 23.1 Å². The van der Waals surface area contributed by atoms with Gasteiger partial charge in [0.2, 0.25) is 5.75 Å². The van der Waals surface area contributed by atoms with Gasteiger partial charge in [-0.3, -0.25) is 14.7 Å². The highest BCUT2D eigenvalue weighted by molar-refractivity contribution is 8.13. The number of rotatable bonds is 9.